The Bertz CT molecular complexity index is 1320. The Hall–Kier alpha value is -3.59. The van der Waals surface area contributed by atoms with Crippen molar-refractivity contribution in [2.24, 2.45) is 0 Å². The minimum atomic E-state index is -0.446. The average Bonchev–Trinajstić information content (AvgIpc) is 3.42. The van der Waals surface area contributed by atoms with Crippen molar-refractivity contribution in [3.63, 3.8) is 0 Å². The number of rotatable bonds is 3. The number of amides is 2. The van der Waals surface area contributed by atoms with Crippen molar-refractivity contribution < 1.29 is 9.59 Å². The summed E-state index contributed by atoms with van der Waals surface area (Å²) in [5, 5.41) is 9.16. The molecule has 0 atom stereocenters. The van der Waals surface area contributed by atoms with Crippen LogP contribution in [0, 0.1) is 13.8 Å². The maximum atomic E-state index is 13.2. The first-order valence-electron chi connectivity index (χ1n) is 9.95. The summed E-state index contributed by atoms with van der Waals surface area (Å²) < 4.78 is 1.52. The number of thiophene rings is 1. The quantitative estimate of drug-likeness (QED) is 0.536. The van der Waals surface area contributed by atoms with E-state index in [1.165, 1.54) is 15.0 Å². The predicted octanol–water partition coefficient (Wildman–Crippen LogP) is 3.25. The number of carbonyl (C=O) groups is 2. The first-order valence-corrected chi connectivity index (χ1v) is 10.8. The Morgan fingerprint density at radius 1 is 1.16 bits per heavy atom. The van der Waals surface area contributed by atoms with Crippen LogP contribution in [0.2, 0.25) is 0 Å². The van der Waals surface area contributed by atoms with Gasteiger partial charge in [0.2, 0.25) is 5.82 Å². The molecule has 0 aliphatic carbocycles. The third kappa shape index (κ3) is 3.46. The Kier molecular flexibility index (Phi) is 4.74. The van der Waals surface area contributed by atoms with Crippen molar-refractivity contribution in [3.05, 3.63) is 75.0 Å². The first kappa shape index (κ1) is 19.4. The minimum absolute atomic E-state index is 0.0268. The molecular weight excluding hydrogens is 412 g/mol. The number of carbonyl (C=O) groups excluding carboxylic acids is 2. The van der Waals surface area contributed by atoms with Gasteiger partial charge in [-0.3, -0.25) is 9.59 Å². The summed E-state index contributed by atoms with van der Waals surface area (Å²) in [7, 11) is 0. The minimum Gasteiger partial charge on any atom is -0.334 e. The van der Waals surface area contributed by atoms with E-state index in [0.29, 0.717) is 30.1 Å². The zero-order valence-corrected chi connectivity index (χ0v) is 17.9. The molecule has 1 aliphatic rings. The number of hydrogen-bond donors (Lipinski definition) is 1. The molecule has 1 aromatic carbocycles. The molecule has 0 saturated heterocycles. The summed E-state index contributed by atoms with van der Waals surface area (Å²) in [4.78, 5) is 37.5. The number of aromatic nitrogens is 4. The van der Waals surface area contributed by atoms with Crippen molar-refractivity contribution in [2.75, 3.05) is 11.9 Å². The highest BCUT2D eigenvalue weighted by atomic mass is 32.1. The smallest absolute Gasteiger partial charge is 0.295 e. The van der Waals surface area contributed by atoms with Gasteiger partial charge in [0, 0.05) is 41.1 Å². The first-order chi connectivity index (χ1) is 15.0. The second-order valence-electron chi connectivity index (χ2n) is 7.51. The Morgan fingerprint density at radius 3 is 2.87 bits per heavy atom. The fraction of sp³-hybridized carbons (Fsp3) is 0.227. The van der Waals surface area contributed by atoms with Crippen molar-refractivity contribution in [3.8, 4) is 0 Å². The Labute approximate surface area is 182 Å². The molecule has 31 heavy (non-hydrogen) atoms. The standard InChI is InChI=1S/C22H20N6O2S/c1-13-6-9-23-22-25-19(26-28(13)22)20(29)24-17-5-3-4-16(14(17)2)21(30)27-10-7-18-15(12-27)8-11-31-18/h3-6,8-9,11H,7,10,12H2,1-2H3,(H,24,29). The van der Waals surface area contributed by atoms with Crippen LogP contribution in [0.25, 0.3) is 5.78 Å². The van der Waals surface area contributed by atoms with E-state index in [9.17, 15) is 9.59 Å². The van der Waals surface area contributed by atoms with Gasteiger partial charge in [0.15, 0.2) is 0 Å². The van der Waals surface area contributed by atoms with E-state index < -0.39 is 5.91 Å². The number of anilines is 1. The van der Waals surface area contributed by atoms with E-state index >= 15 is 0 Å². The van der Waals surface area contributed by atoms with E-state index in [1.54, 1.807) is 41.8 Å². The highest BCUT2D eigenvalue weighted by molar-refractivity contribution is 7.10. The predicted molar refractivity (Wildman–Crippen MR) is 117 cm³/mol. The SMILES string of the molecule is Cc1c(NC(=O)c2nc3nccc(C)n3n2)cccc1C(=O)N1CCc2sccc2C1. The van der Waals surface area contributed by atoms with E-state index in [1.807, 2.05) is 18.7 Å². The molecule has 0 spiro atoms. The molecule has 3 aromatic heterocycles. The van der Waals surface area contributed by atoms with Gasteiger partial charge in [-0.25, -0.2) is 9.50 Å². The zero-order valence-electron chi connectivity index (χ0n) is 17.1. The number of nitrogens with zero attached hydrogens (tertiary/aromatic N) is 5. The van der Waals surface area contributed by atoms with Crippen LogP contribution in [0.15, 0.2) is 41.9 Å². The normalized spacial score (nSPS) is 13.3. The molecule has 1 aliphatic heterocycles. The van der Waals surface area contributed by atoms with Gasteiger partial charge in [-0.05, 0) is 61.0 Å². The van der Waals surface area contributed by atoms with Crippen LogP contribution >= 0.6 is 11.3 Å². The van der Waals surface area contributed by atoms with Gasteiger partial charge in [0.1, 0.15) is 0 Å². The average molecular weight is 433 g/mol. The fourth-order valence-corrected chi connectivity index (χ4v) is 4.67. The number of benzene rings is 1. The van der Waals surface area contributed by atoms with Crippen LogP contribution in [0.3, 0.4) is 0 Å². The number of nitrogens with one attached hydrogen (secondary N) is 1. The van der Waals surface area contributed by atoms with E-state index in [0.717, 1.165) is 17.7 Å². The van der Waals surface area contributed by atoms with Gasteiger partial charge in [-0.15, -0.1) is 16.4 Å². The number of aryl methyl sites for hydroxylation is 1. The summed E-state index contributed by atoms with van der Waals surface area (Å²) in [6.45, 7) is 5.01. The molecule has 9 heteroatoms. The molecule has 5 rings (SSSR count). The molecule has 0 fully saturated rings. The van der Waals surface area contributed by atoms with E-state index in [-0.39, 0.29) is 11.7 Å². The Morgan fingerprint density at radius 2 is 2.03 bits per heavy atom. The van der Waals surface area contributed by atoms with Crippen LogP contribution < -0.4 is 5.32 Å². The second kappa shape index (κ2) is 7.59. The molecule has 8 nitrogen and oxygen atoms in total. The fourth-order valence-electron chi connectivity index (χ4n) is 3.78. The van der Waals surface area contributed by atoms with Crippen molar-refractivity contribution in [1.29, 1.82) is 0 Å². The molecule has 156 valence electrons. The highest BCUT2D eigenvalue weighted by Gasteiger charge is 2.24. The molecular formula is C22H20N6O2S. The van der Waals surface area contributed by atoms with Gasteiger partial charge in [-0.1, -0.05) is 6.07 Å². The lowest BCUT2D eigenvalue weighted by Crippen LogP contribution is -2.35. The second-order valence-corrected chi connectivity index (χ2v) is 8.51. The van der Waals surface area contributed by atoms with Crippen molar-refractivity contribution >= 4 is 34.6 Å². The lowest BCUT2D eigenvalue weighted by Gasteiger charge is -2.28. The van der Waals surface area contributed by atoms with Crippen LogP contribution in [0.4, 0.5) is 5.69 Å². The van der Waals surface area contributed by atoms with Crippen molar-refractivity contribution in [1.82, 2.24) is 24.5 Å². The maximum absolute atomic E-state index is 13.2. The van der Waals surface area contributed by atoms with E-state index in [4.69, 9.17) is 0 Å². The van der Waals surface area contributed by atoms with Gasteiger partial charge >= 0.3 is 0 Å². The number of fused-ring (bicyclic) bond motifs is 2. The largest absolute Gasteiger partial charge is 0.334 e. The summed E-state index contributed by atoms with van der Waals surface area (Å²) >= 11 is 1.74. The third-order valence-electron chi connectivity index (χ3n) is 5.54. The monoisotopic (exact) mass is 432 g/mol. The Balaban J connectivity index is 1.38. The summed E-state index contributed by atoms with van der Waals surface area (Å²) in [5.41, 5.74) is 3.91. The highest BCUT2D eigenvalue weighted by Crippen LogP contribution is 2.27. The number of hydrogen-bond acceptors (Lipinski definition) is 6. The van der Waals surface area contributed by atoms with Crippen LogP contribution in [0.5, 0.6) is 0 Å². The molecule has 0 unspecified atom stereocenters. The van der Waals surface area contributed by atoms with E-state index in [2.05, 4.69) is 31.8 Å². The van der Waals surface area contributed by atoms with Gasteiger partial charge in [0.05, 0.1) is 0 Å². The van der Waals surface area contributed by atoms with Crippen LogP contribution in [-0.2, 0) is 13.0 Å². The topological polar surface area (TPSA) is 92.5 Å². The zero-order chi connectivity index (χ0) is 21.5. The summed E-state index contributed by atoms with van der Waals surface area (Å²) in [5.74, 6) is -0.0859. The summed E-state index contributed by atoms with van der Waals surface area (Å²) in [6, 6.07) is 9.23. The van der Waals surface area contributed by atoms with Gasteiger partial charge in [0.25, 0.3) is 17.6 Å². The molecule has 0 bridgehead atoms. The van der Waals surface area contributed by atoms with Crippen molar-refractivity contribution in [2.45, 2.75) is 26.8 Å². The molecule has 4 heterocycles. The molecule has 0 radical (unpaired) electrons. The molecule has 0 saturated carbocycles. The third-order valence-corrected chi connectivity index (χ3v) is 6.56. The molecule has 2 amide bonds. The molecule has 1 N–H and O–H groups in total. The van der Waals surface area contributed by atoms with Gasteiger partial charge < -0.3 is 10.2 Å². The van der Waals surface area contributed by atoms with Crippen LogP contribution in [-0.4, -0.2) is 42.8 Å². The summed E-state index contributed by atoms with van der Waals surface area (Å²) in [6.07, 6.45) is 2.50. The van der Waals surface area contributed by atoms with Crippen LogP contribution in [0.1, 0.15) is 42.7 Å². The lowest BCUT2D eigenvalue weighted by molar-refractivity contribution is 0.0735. The van der Waals surface area contributed by atoms with Gasteiger partial charge in [-0.2, -0.15) is 4.98 Å². The maximum Gasteiger partial charge on any atom is 0.295 e. The lowest BCUT2D eigenvalue weighted by atomic mass is 10.0. The molecule has 4 aromatic rings.